The van der Waals surface area contributed by atoms with Crippen LogP contribution in [0.2, 0.25) is 0 Å². The number of hydrogen-bond donors (Lipinski definition) is 2. The number of nitrogens with zero attached hydrogens (tertiary/aromatic N) is 1. The number of carbonyl (C=O) groups excluding carboxylic acids is 2. The smallest absolute Gasteiger partial charge is 0.224 e. The summed E-state index contributed by atoms with van der Waals surface area (Å²) >= 11 is 3.49. The molecule has 2 amide bonds. The third-order valence-electron chi connectivity index (χ3n) is 4.05. The van der Waals surface area contributed by atoms with Gasteiger partial charge in [0.1, 0.15) is 0 Å². The first-order valence-corrected chi connectivity index (χ1v) is 8.83. The molecule has 1 fully saturated rings. The van der Waals surface area contributed by atoms with Crippen molar-refractivity contribution in [1.29, 1.82) is 0 Å². The number of rotatable bonds is 7. The Morgan fingerprint density at radius 3 is 2.87 bits per heavy atom. The van der Waals surface area contributed by atoms with Gasteiger partial charge >= 0.3 is 0 Å². The average molecular weight is 382 g/mol. The summed E-state index contributed by atoms with van der Waals surface area (Å²) in [4.78, 5) is 25.6. The zero-order valence-electron chi connectivity index (χ0n) is 13.5. The predicted octanol–water partition coefficient (Wildman–Crippen LogP) is 2.06. The maximum absolute atomic E-state index is 12.1. The summed E-state index contributed by atoms with van der Waals surface area (Å²) < 4.78 is 0.997. The van der Waals surface area contributed by atoms with Gasteiger partial charge in [-0.15, -0.1) is 0 Å². The molecule has 0 radical (unpaired) electrons. The van der Waals surface area contributed by atoms with Gasteiger partial charge < -0.3 is 15.5 Å². The van der Waals surface area contributed by atoms with E-state index in [1.165, 1.54) is 0 Å². The van der Waals surface area contributed by atoms with Crippen LogP contribution >= 0.6 is 15.9 Å². The van der Waals surface area contributed by atoms with Gasteiger partial charge in [-0.1, -0.05) is 34.1 Å². The normalized spacial score (nSPS) is 17.0. The maximum atomic E-state index is 12.1. The van der Waals surface area contributed by atoms with Gasteiger partial charge in [0.15, 0.2) is 0 Å². The van der Waals surface area contributed by atoms with Crippen LogP contribution in [0.15, 0.2) is 28.7 Å². The second kappa shape index (κ2) is 9.03. The molecular formula is C17H24BrN3O2. The van der Waals surface area contributed by atoms with Crippen LogP contribution < -0.4 is 10.6 Å². The number of amides is 2. The van der Waals surface area contributed by atoms with Crippen molar-refractivity contribution in [3.63, 3.8) is 0 Å². The molecule has 1 aromatic rings. The summed E-state index contributed by atoms with van der Waals surface area (Å²) in [7, 11) is 1.78. The van der Waals surface area contributed by atoms with Gasteiger partial charge in [-0.3, -0.25) is 9.59 Å². The van der Waals surface area contributed by atoms with Crippen molar-refractivity contribution < 1.29 is 9.59 Å². The van der Waals surface area contributed by atoms with Crippen molar-refractivity contribution in [2.45, 2.75) is 38.3 Å². The van der Waals surface area contributed by atoms with Crippen LogP contribution in [0.3, 0.4) is 0 Å². The molecule has 0 spiro atoms. The van der Waals surface area contributed by atoms with Crippen LogP contribution in [0.4, 0.5) is 0 Å². The maximum Gasteiger partial charge on any atom is 0.224 e. The van der Waals surface area contributed by atoms with E-state index in [2.05, 4.69) is 26.6 Å². The fraction of sp³-hybridized carbons (Fsp3) is 0.529. The Kier molecular flexibility index (Phi) is 7.05. The topological polar surface area (TPSA) is 61.4 Å². The van der Waals surface area contributed by atoms with E-state index in [4.69, 9.17) is 0 Å². The molecule has 6 heteroatoms. The summed E-state index contributed by atoms with van der Waals surface area (Å²) in [6.45, 7) is 1.95. The largest absolute Gasteiger partial charge is 0.356 e. The highest BCUT2D eigenvalue weighted by atomic mass is 79.9. The molecule has 23 heavy (non-hydrogen) atoms. The zero-order valence-corrected chi connectivity index (χ0v) is 15.1. The molecule has 126 valence electrons. The molecule has 1 saturated heterocycles. The summed E-state index contributed by atoms with van der Waals surface area (Å²) in [6.07, 6.45) is 3.02. The van der Waals surface area contributed by atoms with E-state index in [1.54, 1.807) is 11.9 Å². The SMILES string of the molecule is CN(Cc1ccccc1Br)C(=O)CCNC(=O)CC1CCCN1. The van der Waals surface area contributed by atoms with E-state index in [0.29, 0.717) is 32.0 Å². The van der Waals surface area contributed by atoms with Gasteiger partial charge in [-0.2, -0.15) is 0 Å². The van der Waals surface area contributed by atoms with Crippen molar-refractivity contribution in [3.05, 3.63) is 34.3 Å². The number of halogens is 1. The highest BCUT2D eigenvalue weighted by molar-refractivity contribution is 9.10. The van der Waals surface area contributed by atoms with Gasteiger partial charge in [0.05, 0.1) is 0 Å². The van der Waals surface area contributed by atoms with Gasteiger partial charge in [-0.05, 0) is 31.0 Å². The lowest BCUT2D eigenvalue weighted by atomic mass is 10.1. The minimum absolute atomic E-state index is 0.0191. The molecule has 0 bridgehead atoms. The summed E-state index contributed by atoms with van der Waals surface area (Å²) in [5.74, 6) is 0.0469. The van der Waals surface area contributed by atoms with Gasteiger partial charge in [-0.25, -0.2) is 0 Å². The van der Waals surface area contributed by atoms with E-state index in [0.717, 1.165) is 29.4 Å². The zero-order chi connectivity index (χ0) is 16.7. The second-order valence-corrected chi connectivity index (χ2v) is 6.79. The Balaban J connectivity index is 1.67. The van der Waals surface area contributed by atoms with E-state index >= 15 is 0 Å². The molecule has 1 atom stereocenters. The lowest BCUT2D eigenvalue weighted by Gasteiger charge is -2.18. The molecule has 0 saturated carbocycles. The van der Waals surface area contributed by atoms with Crippen molar-refractivity contribution in [3.8, 4) is 0 Å². The van der Waals surface area contributed by atoms with Crippen LogP contribution in [-0.4, -0.2) is 42.9 Å². The van der Waals surface area contributed by atoms with Crippen LogP contribution in [0.25, 0.3) is 0 Å². The Labute approximate surface area is 145 Å². The third-order valence-corrected chi connectivity index (χ3v) is 4.82. The second-order valence-electron chi connectivity index (χ2n) is 5.94. The van der Waals surface area contributed by atoms with Crippen molar-refractivity contribution in [2.24, 2.45) is 0 Å². The standard InChI is InChI=1S/C17H24BrN3O2/c1-21(12-13-5-2-3-7-15(13)18)17(23)8-10-20-16(22)11-14-6-4-9-19-14/h2-3,5,7,14,19H,4,6,8-12H2,1H3,(H,20,22). The average Bonchev–Trinajstić information content (AvgIpc) is 3.02. The number of nitrogens with one attached hydrogen (secondary N) is 2. The van der Waals surface area contributed by atoms with Gasteiger partial charge in [0, 0.05) is 43.5 Å². The number of hydrogen-bond acceptors (Lipinski definition) is 3. The van der Waals surface area contributed by atoms with Crippen molar-refractivity contribution in [1.82, 2.24) is 15.5 Å². The van der Waals surface area contributed by atoms with Crippen LogP contribution in [0, 0.1) is 0 Å². The quantitative estimate of drug-likeness (QED) is 0.759. The minimum Gasteiger partial charge on any atom is -0.356 e. The molecule has 1 unspecified atom stereocenters. The van der Waals surface area contributed by atoms with E-state index < -0.39 is 0 Å². The van der Waals surface area contributed by atoms with Gasteiger partial charge in [0.2, 0.25) is 11.8 Å². The summed E-state index contributed by atoms with van der Waals surface area (Å²) in [6, 6.07) is 8.15. The highest BCUT2D eigenvalue weighted by Crippen LogP contribution is 2.17. The molecule has 1 aliphatic rings. The highest BCUT2D eigenvalue weighted by Gasteiger charge is 2.17. The Bertz CT molecular complexity index is 544. The minimum atomic E-state index is 0.0191. The van der Waals surface area contributed by atoms with E-state index in [1.807, 2.05) is 24.3 Å². The Morgan fingerprint density at radius 2 is 2.17 bits per heavy atom. The fourth-order valence-electron chi connectivity index (χ4n) is 2.70. The molecular weight excluding hydrogens is 358 g/mol. The van der Waals surface area contributed by atoms with Gasteiger partial charge in [0.25, 0.3) is 0 Å². The van der Waals surface area contributed by atoms with Crippen LogP contribution in [-0.2, 0) is 16.1 Å². The third kappa shape index (κ3) is 5.95. The van der Waals surface area contributed by atoms with E-state index in [9.17, 15) is 9.59 Å². The van der Waals surface area contributed by atoms with Crippen molar-refractivity contribution in [2.75, 3.05) is 20.1 Å². The fourth-order valence-corrected chi connectivity index (χ4v) is 3.11. The van der Waals surface area contributed by atoms with Crippen LogP contribution in [0.5, 0.6) is 0 Å². The number of benzene rings is 1. The summed E-state index contributed by atoms with van der Waals surface area (Å²) in [5.41, 5.74) is 1.07. The first-order chi connectivity index (χ1) is 11.1. The lowest BCUT2D eigenvalue weighted by Crippen LogP contribution is -2.35. The lowest BCUT2D eigenvalue weighted by molar-refractivity contribution is -0.130. The molecule has 1 aliphatic heterocycles. The molecule has 1 aromatic carbocycles. The van der Waals surface area contributed by atoms with E-state index in [-0.39, 0.29) is 11.8 Å². The van der Waals surface area contributed by atoms with Crippen LogP contribution in [0.1, 0.15) is 31.2 Å². The predicted molar refractivity (Wildman–Crippen MR) is 93.9 cm³/mol. The molecule has 0 aliphatic carbocycles. The monoisotopic (exact) mass is 381 g/mol. The number of carbonyl (C=O) groups is 2. The molecule has 2 N–H and O–H groups in total. The molecule has 0 aromatic heterocycles. The first kappa shape index (κ1) is 17.9. The molecule has 2 rings (SSSR count). The molecule has 5 nitrogen and oxygen atoms in total. The van der Waals surface area contributed by atoms with Crippen molar-refractivity contribution >= 4 is 27.7 Å². The summed E-state index contributed by atoms with van der Waals surface area (Å²) in [5, 5.41) is 6.13. The molecule has 1 heterocycles. The Hall–Kier alpha value is -1.40. The Morgan fingerprint density at radius 1 is 1.39 bits per heavy atom. The first-order valence-electron chi connectivity index (χ1n) is 8.03.